The molecular weight excluding hydrogens is 250 g/mol. The summed E-state index contributed by atoms with van der Waals surface area (Å²) in [4.78, 5) is 6.81. The zero-order chi connectivity index (χ0) is 14.6. The molecule has 0 amide bonds. The Hall–Kier alpha value is -1.29. The summed E-state index contributed by atoms with van der Waals surface area (Å²) in [5.41, 5.74) is 0.346. The van der Waals surface area contributed by atoms with E-state index in [1.807, 2.05) is 32.2 Å². The van der Waals surface area contributed by atoms with Crippen LogP contribution in [0.15, 0.2) is 18.3 Å². The highest BCUT2D eigenvalue weighted by Crippen LogP contribution is 2.31. The van der Waals surface area contributed by atoms with Gasteiger partial charge in [-0.1, -0.05) is 6.92 Å². The molecule has 1 aliphatic heterocycles. The van der Waals surface area contributed by atoms with Crippen molar-refractivity contribution >= 4 is 5.82 Å². The highest BCUT2D eigenvalue weighted by Gasteiger charge is 2.28. The van der Waals surface area contributed by atoms with Crippen molar-refractivity contribution in [1.29, 1.82) is 0 Å². The zero-order valence-electron chi connectivity index (χ0n) is 13.1. The number of pyridine rings is 1. The van der Waals surface area contributed by atoms with E-state index in [-0.39, 0.29) is 6.10 Å². The minimum atomic E-state index is 0.165. The molecule has 4 nitrogen and oxygen atoms in total. The number of hydrogen-bond donors (Lipinski definition) is 1. The monoisotopic (exact) mass is 277 g/mol. The number of piperidine rings is 1. The molecule has 20 heavy (non-hydrogen) atoms. The molecule has 4 heteroatoms. The van der Waals surface area contributed by atoms with E-state index in [0.29, 0.717) is 5.41 Å². The Morgan fingerprint density at radius 3 is 2.75 bits per heavy atom. The molecule has 112 valence electrons. The molecule has 1 aliphatic rings. The van der Waals surface area contributed by atoms with Gasteiger partial charge >= 0.3 is 0 Å². The minimum Gasteiger partial charge on any atom is -0.487 e. The van der Waals surface area contributed by atoms with E-state index in [4.69, 9.17) is 4.74 Å². The number of nitrogens with zero attached hydrogens (tertiary/aromatic N) is 2. The molecule has 2 rings (SSSR count). The quantitative estimate of drug-likeness (QED) is 0.897. The third kappa shape index (κ3) is 4.10. The number of ether oxygens (including phenoxy) is 1. The predicted molar refractivity (Wildman–Crippen MR) is 83.3 cm³/mol. The fourth-order valence-electron chi connectivity index (χ4n) is 2.50. The van der Waals surface area contributed by atoms with E-state index in [1.54, 1.807) is 0 Å². The van der Waals surface area contributed by atoms with Crippen molar-refractivity contribution in [3.8, 4) is 5.75 Å². The van der Waals surface area contributed by atoms with Crippen molar-refractivity contribution in [2.75, 3.05) is 32.0 Å². The molecule has 1 fully saturated rings. The summed E-state index contributed by atoms with van der Waals surface area (Å²) in [7, 11) is 2.19. The van der Waals surface area contributed by atoms with Crippen LogP contribution in [0.4, 0.5) is 5.82 Å². The minimum absolute atomic E-state index is 0.165. The summed E-state index contributed by atoms with van der Waals surface area (Å²) in [6.07, 6.45) is 4.43. The van der Waals surface area contributed by atoms with Gasteiger partial charge in [0.1, 0.15) is 0 Å². The molecule has 0 bridgehead atoms. The number of nitrogens with one attached hydrogen (secondary N) is 1. The zero-order valence-corrected chi connectivity index (χ0v) is 13.1. The van der Waals surface area contributed by atoms with Crippen molar-refractivity contribution in [3.63, 3.8) is 0 Å². The fourth-order valence-corrected chi connectivity index (χ4v) is 2.50. The summed E-state index contributed by atoms with van der Waals surface area (Å²) < 4.78 is 5.80. The van der Waals surface area contributed by atoms with Crippen molar-refractivity contribution < 1.29 is 4.74 Å². The molecule has 0 aromatic carbocycles. The van der Waals surface area contributed by atoms with Crippen LogP contribution in [0.25, 0.3) is 0 Å². The smallest absolute Gasteiger partial charge is 0.168 e. The molecular formula is C16H27N3O. The Bertz CT molecular complexity index is 425. The third-order valence-electron chi connectivity index (χ3n) is 4.01. The second kappa shape index (κ2) is 6.44. The molecule has 2 heterocycles. The van der Waals surface area contributed by atoms with Gasteiger partial charge in [-0.2, -0.15) is 0 Å². The molecule has 0 unspecified atom stereocenters. The van der Waals surface area contributed by atoms with Crippen LogP contribution in [-0.4, -0.2) is 42.7 Å². The van der Waals surface area contributed by atoms with Gasteiger partial charge in [-0.25, -0.2) is 4.98 Å². The highest BCUT2D eigenvalue weighted by atomic mass is 16.5. The van der Waals surface area contributed by atoms with E-state index in [2.05, 4.69) is 29.2 Å². The molecule has 1 aromatic heterocycles. The lowest BCUT2D eigenvalue weighted by Gasteiger charge is -2.38. The van der Waals surface area contributed by atoms with Gasteiger partial charge in [0.2, 0.25) is 0 Å². The lowest BCUT2D eigenvalue weighted by Crippen LogP contribution is -2.40. The van der Waals surface area contributed by atoms with E-state index in [0.717, 1.165) is 18.1 Å². The van der Waals surface area contributed by atoms with Gasteiger partial charge in [-0.15, -0.1) is 0 Å². The average Bonchev–Trinajstić information content (AvgIpc) is 2.41. The van der Waals surface area contributed by atoms with Gasteiger partial charge in [0.25, 0.3) is 0 Å². The van der Waals surface area contributed by atoms with Crippen molar-refractivity contribution in [2.45, 2.75) is 39.7 Å². The van der Waals surface area contributed by atoms with E-state index in [9.17, 15) is 0 Å². The molecule has 1 N–H and O–H groups in total. The van der Waals surface area contributed by atoms with E-state index >= 15 is 0 Å². The first-order valence-electron chi connectivity index (χ1n) is 7.53. The van der Waals surface area contributed by atoms with Crippen LogP contribution in [0.3, 0.4) is 0 Å². The summed E-state index contributed by atoms with van der Waals surface area (Å²) >= 11 is 0. The van der Waals surface area contributed by atoms with Crippen LogP contribution in [0.5, 0.6) is 5.75 Å². The first-order chi connectivity index (χ1) is 9.48. The van der Waals surface area contributed by atoms with Crippen LogP contribution in [0.2, 0.25) is 0 Å². The number of aromatic nitrogens is 1. The fraction of sp³-hybridized carbons (Fsp3) is 0.688. The van der Waals surface area contributed by atoms with Crippen LogP contribution >= 0.6 is 0 Å². The maximum atomic E-state index is 5.80. The van der Waals surface area contributed by atoms with Gasteiger partial charge in [-0.05, 0) is 64.4 Å². The van der Waals surface area contributed by atoms with Crippen LogP contribution in [0, 0.1) is 5.41 Å². The Labute approximate surface area is 122 Å². The van der Waals surface area contributed by atoms with Gasteiger partial charge < -0.3 is 15.0 Å². The lowest BCUT2D eigenvalue weighted by atomic mass is 9.80. The summed E-state index contributed by atoms with van der Waals surface area (Å²) in [6, 6.07) is 3.90. The van der Waals surface area contributed by atoms with Crippen LogP contribution < -0.4 is 10.1 Å². The normalized spacial score (nSPS) is 19.1. The Balaban J connectivity index is 1.96. The third-order valence-corrected chi connectivity index (χ3v) is 4.01. The maximum absolute atomic E-state index is 5.80. The Kier molecular flexibility index (Phi) is 4.86. The van der Waals surface area contributed by atoms with E-state index in [1.165, 1.54) is 25.9 Å². The standard InChI is InChI=1S/C16H27N3O/c1-13(2)20-14-6-5-9-17-15(14)18-12-16(3)7-10-19(4)11-8-16/h5-6,9,13H,7-8,10-12H2,1-4H3,(H,17,18). The summed E-state index contributed by atoms with van der Waals surface area (Å²) in [6.45, 7) is 9.74. The lowest BCUT2D eigenvalue weighted by molar-refractivity contribution is 0.150. The largest absolute Gasteiger partial charge is 0.487 e. The molecule has 1 aromatic rings. The van der Waals surface area contributed by atoms with Crippen LogP contribution in [-0.2, 0) is 0 Å². The maximum Gasteiger partial charge on any atom is 0.168 e. The number of rotatable bonds is 5. The average molecular weight is 277 g/mol. The van der Waals surface area contributed by atoms with Gasteiger partial charge in [0.05, 0.1) is 6.10 Å². The van der Waals surface area contributed by atoms with Gasteiger partial charge in [0.15, 0.2) is 11.6 Å². The topological polar surface area (TPSA) is 37.4 Å². The second-order valence-corrected chi connectivity index (χ2v) is 6.48. The number of likely N-dealkylation sites (tertiary alicyclic amines) is 1. The Morgan fingerprint density at radius 1 is 1.40 bits per heavy atom. The first-order valence-corrected chi connectivity index (χ1v) is 7.53. The predicted octanol–water partition coefficient (Wildman–Crippen LogP) is 3.01. The Morgan fingerprint density at radius 2 is 2.10 bits per heavy atom. The first kappa shape index (κ1) is 15.1. The number of anilines is 1. The molecule has 0 atom stereocenters. The molecule has 1 saturated heterocycles. The highest BCUT2D eigenvalue weighted by molar-refractivity contribution is 5.49. The van der Waals surface area contributed by atoms with Crippen molar-refractivity contribution in [3.05, 3.63) is 18.3 Å². The summed E-state index contributed by atoms with van der Waals surface area (Å²) in [5.74, 6) is 1.71. The van der Waals surface area contributed by atoms with Crippen molar-refractivity contribution in [1.82, 2.24) is 9.88 Å². The van der Waals surface area contributed by atoms with Crippen molar-refractivity contribution in [2.24, 2.45) is 5.41 Å². The van der Waals surface area contributed by atoms with Gasteiger partial charge in [-0.3, -0.25) is 0 Å². The van der Waals surface area contributed by atoms with E-state index < -0.39 is 0 Å². The molecule has 0 aliphatic carbocycles. The second-order valence-electron chi connectivity index (χ2n) is 6.48. The summed E-state index contributed by atoms with van der Waals surface area (Å²) in [5, 5.41) is 3.49. The SMILES string of the molecule is CC(C)Oc1cccnc1NCC1(C)CCN(C)CC1. The molecule has 0 spiro atoms. The molecule has 0 saturated carbocycles. The van der Waals surface area contributed by atoms with Crippen LogP contribution in [0.1, 0.15) is 33.6 Å². The van der Waals surface area contributed by atoms with Gasteiger partial charge in [0, 0.05) is 12.7 Å². The molecule has 0 radical (unpaired) electrons. The number of hydrogen-bond acceptors (Lipinski definition) is 4.